The van der Waals surface area contributed by atoms with E-state index >= 15 is 0 Å². The van der Waals surface area contributed by atoms with Gasteiger partial charge in [-0.2, -0.15) is 0 Å². The van der Waals surface area contributed by atoms with Gasteiger partial charge >= 0.3 is 0 Å². The Labute approximate surface area is 230 Å². The molecule has 0 bridgehead atoms. The van der Waals surface area contributed by atoms with Gasteiger partial charge in [-0.3, -0.25) is 0 Å². The van der Waals surface area contributed by atoms with Crippen LogP contribution in [0, 0.1) is 0 Å². The highest BCUT2D eigenvalue weighted by Gasteiger charge is 2.41. The van der Waals surface area contributed by atoms with E-state index < -0.39 is 8.07 Å². The van der Waals surface area contributed by atoms with E-state index in [2.05, 4.69) is 170 Å². The first-order valence-electron chi connectivity index (χ1n) is 13.5. The lowest BCUT2D eigenvalue weighted by atomic mass is 10.0. The van der Waals surface area contributed by atoms with Crippen molar-refractivity contribution in [1.29, 1.82) is 0 Å². The summed E-state index contributed by atoms with van der Waals surface area (Å²) in [6, 6.07) is 62.7. The maximum Gasteiger partial charge on any atom is 0.179 e. The van der Waals surface area contributed by atoms with Crippen molar-refractivity contribution in [3.05, 3.63) is 170 Å². The molecule has 0 unspecified atom stereocenters. The summed E-state index contributed by atoms with van der Waals surface area (Å²) in [5.41, 5.74) is 2.49. The minimum absolute atomic E-state index is 1.24. The fourth-order valence-electron chi connectivity index (χ4n) is 6.17. The minimum Gasteiger partial charge on any atom is -0.0623 e. The first kappa shape index (κ1) is 23.4. The first-order valence-corrected chi connectivity index (χ1v) is 15.5. The van der Waals surface area contributed by atoms with Crippen molar-refractivity contribution in [2.24, 2.45) is 0 Å². The molecule has 0 aliphatic heterocycles. The summed E-state index contributed by atoms with van der Waals surface area (Å²) in [5.74, 6) is 0. The second-order valence-corrected chi connectivity index (χ2v) is 14.0. The Bertz CT molecular complexity index is 1830. The van der Waals surface area contributed by atoms with Crippen molar-refractivity contribution in [3.63, 3.8) is 0 Å². The molecule has 0 atom stereocenters. The predicted molar refractivity (Wildman–Crippen MR) is 171 cm³/mol. The molecule has 0 spiro atoms. The van der Waals surface area contributed by atoms with Crippen LogP contribution in [0.2, 0.25) is 0 Å². The Morgan fingerprint density at radius 3 is 1.41 bits per heavy atom. The Morgan fingerprint density at radius 1 is 0.282 bits per heavy atom. The van der Waals surface area contributed by atoms with Crippen LogP contribution in [-0.2, 0) is 0 Å². The van der Waals surface area contributed by atoms with E-state index in [1.165, 1.54) is 53.4 Å². The van der Waals surface area contributed by atoms with Gasteiger partial charge in [0.05, 0.1) is 0 Å². The Balaban J connectivity index is 1.52. The van der Waals surface area contributed by atoms with Crippen molar-refractivity contribution in [3.8, 4) is 11.1 Å². The zero-order chi connectivity index (χ0) is 26.1. The molecule has 0 fully saturated rings. The quantitative estimate of drug-likeness (QED) is 0.132. The van der Waals surface area contributed by atoms with Gasteiger partial charge in [-0.15, -0.1) is 0 Å². The molecule has 0 radical (unpaired) electrons. The molecule has 7 aromatic carbocycles. The molecule has 0 amide bonds. The summed E-state index contributed by atoms with van der Waals surface area (Å²) in [5, 5.41) is 10.8. The molecule has 0 aromatic heterocycles. The molecule has 0 saturated carbocycles. The van der Waals surface area contributed by atoms with Gasteiger partial charge < -0.3 is 0 Å². The van der Waals surface area contributed by atoms with Gasteiger partial charge in [0.1, 0.15) is 0 Å². The summed E-state index contributed by atoms with van der Waals surface area (Å²) in [7, 11) is -2.61. The average molecular weight is 513 g/mol. The van der Waals surface area contributed by atoms with E-state index in [9.17, 15) is 0 Å². The highest BCUT2D eigenvalue weighted by atomic mass is 28.3. The van der Waals surface area contributed by atoms with Gasteiger partial charge in [0, 0.05) is 0 Å². The van der Waals surface area contributed by atoms with Crippen molar-refractivity contribution in [2.45, 2.75) is 0 Å². The average Bonchev–Trinajstić information content (AvgIpc) is 3.03. The van der Waals surface area contributed by atoms with E-state index in [4.69, 9.17) is 0 Å². The molecule has 0 nitrogen and oxygen atoms in total. The van der Waals surface area contributed by atoms with Gasteiger partial charge in [0.15, 0.2) is 8.07 Å². The third kappa shape index (κ3) is 3.99. The Morgan fingerprint density at radius 2 is 0.744 bits per heavy atom. The molecule has 0 N–H and O–H groups in total. The van der Waals surface area contributed by atoms with Gasteiger partial charge in [0.25, 0.3) is 0 Å². The van der Waals surface area contributed by atoms with E-state index in [1.807, 2.05) is 0 Å². The van der Waals surface area contributed by atoms with Crippen molar-refractivity contribution in [1.82, 2.24) is 0 Å². The van der Waals surface area contributed by atoms with Crippen LogP contribution in [0.25, 0.3) is 32.7 Å². The van der Waals surface area contributed by atoms with E-state index in [1.54, 1.807) is 0 Å². The molecule has 184 valence electrons. The molecular formula is C38H28Si. The highest BCUT2D eigenvalue weighted by molar-refractivity contribution is 7.20. The molecule has 0 heterocycles. The monoisotopic (exact) mass is 512 g/mol. The number of fused-ring (bicyclic) bond motifs is 3. The van der Waals surface area contributed by atoms with Crippen LogP contribution in [0.4, 0.5) is 0 Å². The Hall–Kier alpha value is -4.72. The number of hydrogen-bond acceptors (Lipinski definition) is 0. The zero-order valence-electron chi connectivity index (χ0n) is 21.7. The van der Waals surface area contributed by atoms with Gasteiger partial charge in [0.2, 0.25) is 0 Å². The van der Waals surface area contributed by atoms with Gasteiger partial charge in [-0.25, -0.2) is 0 Å². The summed E-state index contributed by atoms with van der Waals surface area (Å²) in [4.78, 5) is 0. The summed E-state index contributed by atoms with van der Waals surface area (Å²) in [6.07, 6.45) is 0. The van der Waals surface area contributed by atoms with Gasteiger partial charge in [-0.1, -0.05) is 170 Å². The fraction of sp³-hybridized carbons (Fsp3) is 0. The lowest BCUT2D eigenvalue weighted by Crippen LogP contribution is -2.74. The first-order chi connectivity index (χ1) is 19.3. The molecular weight excluding hydrogens is 485 g/mol. The molecule has 7 aromatic rings. The van der Waals surface area contributed by atoms with Crippen LogP contribution in [0.3, 0.4) is 0 Å². The normalized spacial score (nSPS) is 11.6. The largest absolute Gasteiger partial charge is 0.179 e. The summed E-state index contributed by atoms with van der Waals surface area (Å²) >= 11 is 0. The highest BCUT2D eigenvalue weighted by Crippen LogP contribution is 2.26. The maximum absolute atomic E-state index is 2.61. The lowest BCUT2D eigenvalue weighted by Gasteiger charge is -2.34. The second kappa shape index (κ2) is 9.87. The van der Waals surface area contributed by atoms with Crippen LogP contribution in [0.15, 0.2) is 170 Å². The fourth-order valence-corrected chi connectivity index (χ4v) is 10.9. The third-order valence-corrected chi connectivity index (χ3v) is 12.8. The number of rotatable bonds is 5. The second-order valence-electron chi connectivity index (χ2n) is 10.1. The van der Waals surface area contributed by atoms with Crippen LogP contribution in [0.1, 0.15) is 0 Å². The topological polar surface area (TPSA) is 0 Å². The number of benzene rings is 7. The summed E-state index contributed by atoms with van der Waals surface area (Å²) < 4.78 is 0. The summed E-state index contributed by atoms with van der Waals surface area (Å²) in [6.45, 7) is 0. The molecule has 0 aliphatic carbocycles. The molecule has 0 aliphatic rings. The SMILES string of the molecule is c1ccc(-c2ccc([Si](c3ccccc3)(c3ccccc3)c3ccc4c(ccc5ccccc54)c3)cc2)cc1. The number of hydrogen-bond donors (Lipinski definition) is 0. The minimum atomic E-state index is -2.61. The van der Waals surface area contributed by atoms with Crippen molar-refractivity contribution < 1.29 is 0 Å². The van der Waals surface area contributed by atoms with Crippen molar-refractivity contribution >= 4 is 50.4 Å². The Kier molecular flexibility index (Phi) is 5.92. The van der Waals surface area contributed by atoms with Crippen LogP contribution >= 0.6 is 0 Å². The molecule has 1 heteroatoms. The maximum atomic E-state index is 2.46. The van der Waals surface area contributed by atoms with E-state index in [0.29, 0.717) is 0 Å². The van der Waals surface area contributed by atoms with E-state index in [-0.39, 0.29) is 0 Å². The molecule has 7 rings (SSSR count). The lowest BCUT2D eigenvalue weighted by molar-refractivity contribution is 1.62. The predicted octanol–water partition coefficient (Wildman–Crippen LogP) is 7.04. The third-order valence-electron chi connectivity index (χ3n) is 8.02. The van der Waals surface area contributed by atoms with Crippen LogP contribution < -0.4 is 20.7 Å². The van der Waals surface area contributed by atoms with Gasteiger partial charge in [-0.05, 0) is 53.4 Å². The van der Waals surface area contributed by atoms with Crippen LogP contribution in [0.5, 0.6) is 0 Å². The molecule has 0 saturated heterocycles. The molecule has 39 heavy (non-hydrogen) atoms. The standard InChI is InChI=1S/C38H28Si/c1-4-12-29(13-5-1)30-22-24-35(25-23-30)39(33-15-6-2-7-16-33,34-17-8-3-9-18-34)36-26-27-38-32(28-36)21-20-31-14-10-11-19-37(31)38/h1-28H. The van der Waals surface area contributed by atoms with E-state index in [0.717, 1.165) is 0 Å². The van der Waals surface area contributed by atoms with Crippen LogP contribution in [-0.4, -0.2) is 8.07 Å². The smallest absolute Gasteiger partial charge is 0.0623 e. The van der Waals surface area contributed by atoms with Crippen molar-refractivity contribution in [2.75, 3.05) is 0 Å². The zero-order valence-corrected chi connectivity index (χ0v) is 22.7.